The molecule has 2 atom stereocenters. The third-order valence-corrected chi connectivity index (χ3v) is 7.35. The molecule has 0 fully saturated rings. The molecule has 2 aliphatic heterocycles. The van der Waals surface area contributed by atoms with E-state index in [1.807, 2.05) is 48.5 Å². The van der Waals surface area contributed by atoms with E-state index in [4.69, 9.17) is 14.1 Å². The lowest BCUT2D eigenvalue weighted by Crippen LogP contribution is -2.33. The Bertz CT molecular complexity index is 1420. The van der Waals surface area contributed by atoms with Gasteiger partial charge in [-0.3, -0.25) is 9.79 Å². The van der Waals surface area contributed by atoms with Gasteiger partial charge in [0.05, 0.1) is 40.8 Å². The van der Waals surface area contributed by atoms with Crippen molar-refractivity contribution in [3.05, 3.63) is 99.9 Å². The molecule has 0 amide bonds. The van der Waals surface area contributed by atoms with E-state index in [1.165, 1.54) is 0 Å². The van der Waals surface area contributed by atoms with Crippen molar-refractivity contribution in [2.75, 3.05) is 6.61 Å². The first kappa shape index (κ1) is 18.5. The molecule has 0 saturated carbocycles. The van der Waals surface area contributed by atoms with Crippen molar-refractivity contribution in [1.29, 1.82) is 0 Å². The smallest absolute Gasteiger partial charge is 0.197 e. The minimum absolute atomic E-state index is 0.00752. The Balaban J connectivity index is 1.59. The van der Waals surface area contributed by atoms with Gasteiger partial charge in [-0.15, -0.1) is 11.8 Å². The highest BCUT2D eigenvalue weighted by molar-refractivity contribution is 7.99. The molecule has 5 heteroatoms. The topological polar surface area (TPSA) is 51.8 Å². The summed E-state index contributed by atoms with van der Waals surface area (Å²) in [6, 6.07) is 21.7. The molecule has 0 aliphatic carbocycles. The second kappa shape index (κ2) is 7.13. The van der Waals surface area contributed by atoms with E-state index in [0.717, 1.165) is 33.2 Å². The van der Waals surface area contributed by atoms with Crippen molar-refractivity contribution < 1.29 is 9.15 Å². The predicted molar refractivity (Wildman–Crippen MR) is 124 cm³/mol. The second-order valence-electron chi connectivity index (χ2n) is 7.94. The molecule has 31 heavy (non-hydrogen) atoms. The Hall–Kier alpha value is -3.31. The van der Waals surface area contributed by atoms with Crippen LogP contribution in [0.4, 0.5) is 5.69 Å². The van der Waals surface area contributed by atoms with E-state index in [-0.39, 0.29) is 16.6 Å². The van der Waals surface area contributed by atoms with Gasteiger partial charge in [0.2, 0.25) is 0 Å². The summed E-state index contributed by atoms with van der Waals surface area (Å²) in [5.74, 6) is 0.769. The number of nitrogens with zero attached hydrogens (tertiary/aromatic N) is 1. The molecule has 0 bridgehead atoms. The van der Waals surface area contributed by atoms with Gasteiger partial charge in [0.1, 0.15) is 11.3 Å². The van der Waals surface area contributed by atoms with Crippen LogP contribution in [0.25, 0.3) is 11.0 Å². The van der Waals surface area contributed by atoms with E-state index >= 15 is 0 Å². The van der Waals surface area contributed by atoms with Crippen LogP contribution in [0.15, 0.2) is 92.1 Å². The summed E-state index contributed by atoms with van der Waals surface area (Å²) in [4.78, 5) is 19.6. The minimum Gasteiger partial charge on any atom is -0.492 e. The fourth-order valence-electron chi connectivity index (χ4n) is 4.37. The van der Waals surface area contributed by atoms with E-state index in [0.29, 0.717) is 23.1 Å². The van der Waals surface area contributed by atoms with Crippen LogP contribution in [-0.4, -0.2) is 12.3 Å². The number of aliphatic imine (C=N–C) groups is 1. The van der Waals surface area contributed by atoms with E-state index in [9.17, 15) is 4.79 Å². The Morgan fingerprint density at radius 1 is 1.03 bits per heavy atom. The molecule has 3 aromatic carbocycles. The van der Waals surface area contributed by atoms with Crippen molar-refractivity contribution in [3.8, 4) is 5.75 Å². The van der Waals surface area contributed by atoms with Crippen LogP contribution in [0.1, 0.15) is 21.9 Å². The summed E-state index contributed by atoms with van der Waals surface area (Å²) < 4.78 is 12.0. The molecule has 6 rings (SSSR count). The number of hydrogen-bond acceptors (Lipinski definition) is 5. The average Bonchev–Trinajstić information content (AvgIpc) is 2.96. The Kier molecular flexibility index (Phi) is 4.25. The maximum atomic E-state index is 13.5. The van der Waals surface area contributed by atoms with Crippen LogP contribution in [0, 0.1) is 12.8 Å². The zero-order valence-electron chi connectivity index (χ0n) is 16.9. The average molecular weight is 426 g/mol. The van der Waals surface area contributed by atoms with Crippen LogP contribution >= 0.6 is 11.8 Å². The molecule has 1 aromatic heterocycles. The van der Waals surface area contributed by atoms with Crippen molar-refractivity contribution >= 4 is 34.1 Å². The maximum absolute atomic E-state index is 13.5. The highest BCUT2D eigenvalue weighted by Gasteiger charge is 2.38. The minimum atomic E-state index is -0.170. The molecule has 2 aliphatic rings. The summed E-state index contributed by atoms with van der Waals surface area (Å²) in [6.07, 6.45) is 1.62. The van der Waals surface area contributed by atoms with E-state index < -0.39 is 0 Å². The summed E-state index contributed by atoms with van der Waals surface area (Å²) in [6.45, 7) is 2.53. The molecule has 0 unspecified atom stereocenters. The number of hydrogen-bond donors (Lipinski definition) is 0. The number of fused-ring (bicyclic) bond motifs is 5. The molecular formula is C26H19NO3S. The van der Waals surface area contributed by atoms with Crippen molar-refractivity contribution in [3.63, 3.8) is 0 Å². The number of rotatable bonds is 1. The second-order valence-corrected chi connectivity index (χ2v) is 9.12. The van der Waals surface area contributed by atoms with Crippen LogP contribution in [-0.2, 0) is 0 Å². The zero-order chi connectivity index (χ0) is 20.9. The van der Waals surface area contributed by atoms with Gasteiger partial charge in [-0.05, 0) is 43.3 Å². The standard InChI is InChI=1S/C26H19NO3S/c1-15-10-11-22-17(12-15)24-18(13-29-22)26(31-23-9-5-3-7-20(23)27-24)19-14-30-21-8-4-2-6-16(21)25(19)28/h2-12,14,18,26H,13H2,1H3/t18-,26-/m1/s1. The number of thioether (sulfide) groups is 1. The van der Waals surface area contributed by atoms with Crippen molar-refractivity contribution in [2.45, 2.75) is 17.1 Å². The number of ether oxygens (including phenoxy) is 1. The third-order valence-electron chi connectivity index (χ3n) is 5.92. The molecule has 0 radical (unpaired) electrons. The Labute approximate surface area is 183 Å². The quantitative estimate of drug-likeness (QED) is 0.371. The first-order valence-electron chi connectivity index (χ1n) is 10.3. The van der Waals surface area contributed by atoms with Gasteiger partial charge in [0.25, 0.3) is 0 Å². The molecular weight excluding hydrogens is 406 g/mol. The highest BCUT2D eigenvalue weighted by Crippen LogP contribution is 2.49. The first-order chi connectivity index (χ1) is 15.2. The van der Waals surface area contributed by atoms with Gasteiger partial charge >= 0.3 is 0 Å². The molecule has 152 valence electrons. The fraction of sp³-hybridized carbons (Fsp3) is 0.154. The number of aryl methyl sites for hydroxylation is 1. The number of benzene rings is 3. The molecule has 0 saturated heterocycles. The summed E-state index contributed by atoms with van der Waals surface area (Å²) in [7, 11) is 0. The number of para-hydroxylation sites is 2. The van der Waals surface area contributed by atoms with Crippen LogP contribution < -0.4 is 10.2 Å². The monoisotopic (exact) mass is 425 g/mol. The first-order valence-corrected chi connectivity index (χ1v) is 11.2. The molecule has 3 heterocycles. The summed E-state index contributed by atoms with van der Waals surface area (Å²) in [5.41, 5.74) is 5.31. The normalized spacial score (nSPS) is 19.5. The SMILES string of the molecule is Cc1ccc2c(c1)C1=Nc3ccccc3S[C@@H](c3coc4ccccc4c3=O)[C@@H]1CO2. The van der Waals surface area contributed by atoms with E-state index in [1.54, 1.807) is 18.0 Å². The molecule has 0 spiro atoms. The lowest BCUT2D eigenvalue weighted by Gasteiger charge is -2.31. The van der Waals surface area contributed by atoms with E-state index in [2.05, 4.69) is 25.1 Å². The van der Waals surface area contributed by atoms with Gasteiger partial charge in [-0.1, -0.05) is 35.9 Å². The van der Waals surface area contributed by atoms with Gasteiger partial charge < -0.3 is 9.15 Å². The highest BCUT2D eigenvalue weighted by atomic mass is 32.2. The van der Waals surface area contributed by atoms with Gasteiger partial charge in [0, 0.05) is 16.0 Å². The predicted octanol–water partition coefficient (Wildman–Crippen LogP) is 6.08. The molecule has 4 nitrogen and oxygen atoms in total. The Morgan fingerprint density at radius 3 is 2.81 bits per heavy atom. The Morgan fingerprint density at radius 2 is 1.87 bits per heavy atom. The summed E-state index contributed by atoms with van der Waals surface area (Å²) >= 11 is 1.66. The van der Waals surface area contributed by atoms with Gasteiger partial charge in [-0.25, -0.2) is 0 Å². The molecule has 4 aromatic rings. The summed E-state index contributed by atoms with van der Waals surface area (Å²) in [5, 5.41) is 0.432. The van der Waals surface area contributed by atoms with Crippen LogP contribution in [0.5, 0.6) is 5.75 Å². The lowest BCUT2D eigenvalue weighted by molar-refractivity contribution is 0.271. The lowest BCUT2D eigenvalue weighted by atomic mass is 9.87. The zero-order valence-corrected chi connectivity index (χ0v) is 17.7. The van der Waals surface area contributed by atoms with Crippen molar-refractivity contribution in [1.82, 2.24) is 0 Å². The van der Waals surface area contributed by atoms with Gasteiger partial charge in [-0.2, -0.15) is 0 Å². The van der Waals surface area contributed by atoms with Crippen molar-refractivity contribution in [2.24, 2.45) is 10.9 Å². The van der Waals surface area contributed by atoms with Crippen LogP contribution in [0.2, 0.25) is 0 Å². The fourth-order valence-corrected chi connectivity index (χ4v) is 5.70. The van der Waals surface area contributed by atoms with Gasteiger partial charge in [0.15, 0.2) is 5.43 Å². The largest absolute Gasteiger partial charge is 0.492 e. The maximum Gasteiger partial charge on any atom is 0.197 e. The van der Waals surface area contributed by atoms with Crippen LogP contribution in [0.3, 0.4) is 0 Å². The third kappa shape index (κ3) is 3.00. The molecule has 0 N–H and O–H groups in total.